The molecule has 20 heavy (non-hydrogen) atoms. The van der Waals surface area contributed by atoms with Gasteiger partial charge in [0.15, 0.2) is 0 Å². The van der Waals surface area contributed by atoms with Crippen LogP contribution in [0.15, 0.2) is 42.5 Å². The molecule has 1 atom stereocenters. The molecular formula is C16H18FNO2. The topological polar surface area (TPSA) is 43.7 Å². The average molecular weight is 275 g/mol. The van der Waals surface area contributed by atoms with Crippen molar-refractivity contribution in [3.63, 3.8) is 0 Å². The van der Waals surface area contributed by atoms with Crippen LogP contribution in [-0.4, -0.2) is 16.8 Å². The number of rotatable bonds is 4. The summed E-state index contributed by atoms with van der Waals surface area (Å²) in [6.07, 6.45) is 0. The van der Waals surface area contributed by atoms with Gasteiger partial charge >= 0.3 is 0 Å². The molecule has 0 saturated heterocycles. The van der Waals surface area contributed by atoms with Crippen molar-refractivity contribution < 1.29 is 14.6 Å². The molecule has 0 aliphatic rings. The quantitative estimate of drug-likeness (QED) is 0.891. The number of aromatic hydroxyl groups is 2. The highest BCUT2D eigenvalue weighted by Gasteiger charge is 2.16. The Labute approximate surface area is 117 Å². The lowest BCUT2D eigenvalue weighted by molar-refractivity contribution is 0.448. The summed E-state index contributed by atoms with van der Waals surface area (Å²) in [7, 11) is 0. The fourth-order valence-corrected chi connectivity index (χ4v) is 2.37. The molecule has 2 aromatic carbocycles. The molecule has 0 saturated carbocycles. The molecule has 106 valence electrons. The predicted octanol–water partition coefficient (Wildman–Crippen LogP) is 3.82. The molecule has 2 rings (SSSR count). The maximum atomic E-state index is 13.4. The molecule has 0 aliphatic heterocycles. The second-order valence-corrected chi connectivity index (χ2v) is 4.72. The van der Waals surface area contributed by atoms with Gasteiger partial charge in [-0.05, 0) is 49.7 Å². The summed E-state index contributed by atoms with van der Waals surface area (Å²) in [6.45, 7) is 4.60. The third kappa shape index (κ3) is 3.02. The minimum absolute atomic E-state index is 0.0159. The van der Waals surface area contributed by atoms with Crippen molar-refractivity contribution in [2.24, 2.45) is 0 Å². The minimum Gasteiger partial charge on any atom is -0.508 e. The van der Waals surface area contributed by atoms with E-state index in [-0.39, 0.29) is 23.4 Å². The predicted molar refractivity (Wildman–Crippen MR) is 77.6 cm³/mol. The van der Waals surface area contributed by atoms with E-state index in [1.165, 1.54) is 18.2 Å². The fraction of sp³-hybridized carbons (Fsp3) is 0.250. The van der Waals surface area contributed by atoms with Gasteiger partial charge < -0.3 is 15.1 Å². The SMILES string of the molecule is CCN(c1cccc(F)c1)C(C)c1cc(O)cc(O)c1. The van der Waals surface area contributed by atoms with Crippen LogP contribution in [0, 0.1) is 5.82 Å². The number of phenols is 2. The summed E-state index contributed by atoms with van der Waals surface area (Å²) >= 11 is 0. The third-order valence-electron chi connectivity index (χ3n) is 3.36. The Kier molecular flexibility index (Phi) is 4.13. The van der Waals surface area contributed by atoms with Crippen molar-refractivity contribution in [1.29, 1.82) is 0 Å². The number of hydrogen-bond donors (Lipinski definition) is 2. The van der Waals surface area contributed by atoms with Crippen molar-refractivity contribution in [2.45, 2.75) is 19.9 Å². The van der Waals surface area contributed by atoms with Crippen LogP contribution in [-0.2, 0) is 0 Å². The summed E-state index contributed by atoms with van der Waals surface area (Å²) in [5.41, 5.74) is 1.54. The first kappa shape index (κ1) is 14.2. The van der Waals surface area contributed by atoms with Gasteiger partial charge in [0, 0.05) is 18.3 Å². The van der Waals surface area contributed by atoms with Crippen LogP contribution >= 0.6 is 0 Å². The first-order valence-electron chi connectivity index (χ1n) is 6.56. The van der Waals surface area contributed by atoms with Crippen LogP contribution in [0.25, 0.3) is 0 Å². The van der Waals surface area contributed by atoms with E-state index in [2.05, 4.69) is 0 Å². The van der Waals surface area contributed by atoms with Crippen LogP contribution in [0.3, 0.4) is 0 Å². The Balaban J connectivity index is 2.35. The third-order valence-corrected chi connectivity index (χ3v) is 3.36. The Morgan fingerprint density at radius 3 is 2.30 bits per heavy atom. The number of halogens is 1. The summed E-state index contributed by atoms with van der Waals surface area (Å²) in [5, 5.41) is 19.1. The van der Waals surface area contributed by atoms with Gasteiger partial charge in [0.2, 0.25) is 0 Å². The Morgan fingerprint density at radius 2 is 1.75 bits per heavy atom. The highest BCUT2D eigenvalue weighted by atomic mass is 19.1. The molecule has 0 radical (unpaired) electrons. The van der Waals surface area contributed by atoms with Gasteiger partial charge in [0.25, 0.3) is 0 Å². The van der Waals surface area contributed by atoms with E-state index in [1.54, 1.807) is 18.2 Å². The number of benzene rings is 2. The first-order valence-corrected chi connectivity index (χ1v) is 6.56. The van der Waals surface area contributed by atoms with Gasteiger partial charge in [-0.15, -0.1) is 0 Å². The molecule has 0 bridgehead atoms. The van der Waals surface area contributed by atoms with Crippen LogP contribution < -0.4 is 4.90 Å². The molecular weight excluding hydrogens is 257 g/mol. The maximum Gasteiger partial charge on any atom is 0.125 e. The molecule has 0 aromatic heterocycles. The lowest BCUT2D eigenvalue weighted by Gasteiger charge is -2.30. The normalized spacial score (nSPS) is 12.2. The van der Waals surface area contributed by atoms with Crippen molar-refractivity contribution >= 4 is 5.69 Å². The summed E-state index contributed by atoms with van der Waals surface area (Å²) < 4.78 is 13.4. The van der Waals surface area contributed by atoms with E-state index >= 15 is 0 Å². The van der Waals surface area contributed by atoms with E-state index in [9.17, 15) is 14.6 Å². The van der Waals surface area contributed by atoms with E-state index in [0.717, 1.165) is 11.3 Å². The zero-order chi connectivity index (χ0) is 14.7. The molecule has 4 heteroatoms. The van der Waals surface area contributed by atoms with Gasteiger partial charge in [0.1, 0.15) is 17.3 Å². The minimum atomic E-state index is -0.285. The van der Waals surface area contributed by atoms with Crippen LogP contribution in [0.4, 0.5) is 10.1 Å². The summed E-state index contributed by atoms with van der Waals surface area (Å²) in [4.78, 5) is 2.00. The van der Waals surface area contributed by atoms with Crippen LogP contribution in [0.2, 0.25) is 0 Å². The second kappa shape index (κ2) is 5.82. The van der Waals surface area contributed by atoms with E-state index in [0.29, 0.717) is 6.54 Å². The van der Waals surface area contributed by atoms with Crippen molar-refractivity contribution in [3.05, 3.63) is 53.8 Å². The van der Waals surface area contributed by atoms with Gasteiger partial charge in [-0.2, -0.15) is 0 Å². The summed E-state index contributed by atoms with van der Waals surface area (Å²) in [6, 6.07) is 10.8. The van der Waals surface area contributed by atoms with Gasteiger partial charge in [-0.25, -0.2) is 4.39 Å². The molecule has 2 aromatic rings. The molecule has 0 spiro atoms. The van der Waals surface area contributed by atoms with E-state index in [4.69, 9.17) is 0 Å². The monoisotopic (exact) mass is 275 g/mol. The molecule has 3 nitrogen and oxygen atoms in total. The largest absolute Gasteiger partial charge is 0.508 e. The van der Waals surface area contributed by atoms with Gasteiger partial charge in [-0.3, -0.25) is 0 Å². The average Bonchev–Trinajstić information content (AvgIpc) is 2.38. The number of hydrogen-bond acceptors (Lipinski definition) is 3. The van der Waals surface area contributed by atoms with E-state index in [1.807, 2.05) is 24.8 Å². The summed E-state index contributed by atoms with van der Waals surface area (Å²) in [5.74, 6) is -0.254. The Bertz CT molecular complexity index is 581. The molecule has 0 amide bonds. The zero-order valence-corrected chi connectivity index (χ0v) is 11.5. The standard InChI is InChI=1S/C16H18FNO2/c1-3-18(14-6-4-5-13(17)9-14)11(2)12-7-15(19)10-16(20)8-12/h4-11,19-20H,3H2,1-2H3. The van der Waals surface area contributed by atoms with Crippen molar-refractivity contribution in [2.75, 3.05) is 11.4 Å². The molecule has 2 N–H and O–H groups in total. The van der Waals surface area contributed by atoms with Crippen LogP contribution in [0.5, 0.6) is 11.5 Å². The van der Waals surface area contributed by atoms with E-state index < -0.39 is 0 Å². The molecule has 0 aliphatic carbocycles. The zero-order valence-electron chi connectivity index (χ0n) is 11.5. The highest BCUT2D eigenvalue weighted by Crippen LogP contribution is 2.31. The lowest BCUT2D eigenvalue weighted by atomic mass is 10.1. The molecule has 0 heterocycles. The smallest absolute Gasteiger partial charge is 0.125 e. The number of anilines is 1. The van der Waals surface area contributed by atoms with Crippen LogP contribution in [0.1, 0.15) is 25.5 Å². The fourth-order valence-electron chi connectivity index (χ4n) is 2.37. The Morgan fingerprint density at radius 1 is 1.10 bits per heavy atom. The number of nitrogens with zero attached hydrogens (tertiary/aromatic N) is 1. The Hall–Kier alpha value is -2.23. The molecule has 1 unspecified atom stereocenters. The van der Waals surface area contributed by atoms with Crippen molar-refractivity contribution in [3.8, 4) is 11.5 Å². The van der Waals surface area contributed by atoms with Crippen molar-refractivity contribution in [1.82, 2.24) is 0 Å². The highest BCUT2D eigenvalue weighted by molar-refractivity contribution is 5.50. The lowest BCUT2D eigenvalue weighted by Crippen LogP contribution is -2.26. The maximum absolute atomic E-state index is 13.4. The van der Waals surface area contributed by atoms with Gasteiger partial charge in [-0.1, -0.05) is 6.07 Å². The number of phenolic OH excluding ortho intramolecular Hbond substituents is 2. The molecule has 0 fully saturated rings. The first-order chi connectivity index (χ1) is 9.51. The van der Waals surface area contributed by atoms with Gasteiger partial charge in [0.05, 0.1) is 6.04 Å². The second-order valence-electron chi connectivity index (χ2n) is 4.72.